The molecule has 2 rings (SSSR count). The maximum absolute atomic E-state index is 14.0. The van der Waals surface area contributed by atoms with Crippen molar-refractivity contribution in [1.29, 1.82) is 0 Å². The molecule has 0 aliphatic carbocycles. The van der Waals surface area contributed by atoms with Gasteiger partial charge in [0.25, 0.3) is 5.91 Å². The lowest BCUT2D eigenvalue weighted by molar-refractivity contribution is -0.131. The monoisotopic (exact) mass is 291 g/mol. The number of likely N-dealkylation sites (tertiary alicyclic amines) is 1. The first-order valence-corrected chi connectivity index (χ1v) is 7.01. The van der Waals surface area contributed by atoms with E-state index in [1.807, 2.05) is 0 Å². The molecule has 1 heterocycles. The van der Waals surface area contributed by atoms with Gasteiger partial charge in [0.05, 0.1) is 5.56 Å². The topological polar surface area (TPSA) is 57.6 Å². The zero-order chi connectivity index (χ0) is 15.4. The summed E-state index contributed by atoms with van der Waals surface area (Å²) in [6, 6.07) is 4.14. The summed E-state index contributed by atoms with van der Waals surface area (Å²) in [6.45, 7) is 3.43. The molecule has 1 aliphatic heterocycles. The Bertz CT molecular complexity index is 583. The number of carboxylic acids is 1. The van der Waals surface area contributed by atoms with Gasteiger partial charge in [0.15, 0.2) is 0 Å². The lowest BCUT2D eigenvalue weighted by Crippen LogP contribution is -2.29. The van der Waals surface area contributed by atoms with E-state index < -0.39 is 11.8 Å². The highest BCUT2D eigenvalue weighted by atomic mass is 19.1. The van der Waals surface area contributed by atoms with E-state index in [1.54, 1.807) is 11.0 Å². The second-order valence-corrected chi connectivity index (χ2v) is 5.22. The van der Waals surface area contributed by atoms with Crippen molar-refractivity contribution in [2.45, 2.75) is 19.8 Å². The van der Waals surface area contributed by atoms with Crippen LogP contribution in [-0.2, 0) is 4.79 Å². The normalized spacial score (nSPS) is 18.4. The van der Waals surface area contributed by atoms with E-state index in [-0.39, 0.29) is 11.5 Å². The van der Waals surface area contributed by atoms with Crippen molar-refractivity contribution in [3.8, 4) is 0 Å². The van der Waals surface area contributed by atoms with Crippen molar-refractivity contribution in [3.05, 3.63) is 41.2 Å². The Morgan fingerprint density at radius 3 is 2.81 bits per heavy atom. The summed E-state index contributed by atoms with van der Waals surface area (Å²) in [5.41, 5.74) is 0.457. The van der Waals surface area contributed by atoms with Gasteiger partial charge in [-0.2, -0.15) is 0 Å². The number of aliphatic carboxylic acids is 1. The van der Waals surface area contributed by atoms with Crippen LogP contribution in [0.4, 0.5) is 4.39 Å². The fraction of sp³-hybridized carbons (Fsp3) is 0.375. The molecule has 0 radical (unpaired) electrons. The molecule has 1 amide bonds. The van der Waals surface area contributed by atoms with Gasteiger partial charge in [0, 0.05) is 19.2 Å². The van der Waals surface area contributed by atoms with Crippen LogP contribution in [0.1, 0.15) is 35.7 Å². The van der Waals surface area contributed by atoms with Crippen molar-refractivity contribution in [1.82, 2.24) is 4.90 Å². The van der Waals surface area contributed by atoms with Crippen LogP contribution in [0.25, 0.3) is 6.08 Å². The van der Waals surface area contributed by atoms with E-state index in [0.29, 0.717) is 24.6 Å². The van der Waals surface area contributed by atoms with Crippen molar-refractivity contribution >= 4 is 18.0 Å². The van der Waals surface area contributed by atoms with Crippen LogP contribution in [0.2, 0.25) is 0 Å². The number of rotatable bonds is 4. The van der Waals surface area contributed by atoms with Crippen LogP contribution in [-0.4, -0.2) is 35.0 Å². The first kappa shape index (κ1) is 15.2. The first-order valence-electron chi connectivity index (χ1n) is 7.01. The van der Waals surface area contributed by atoms with Crippen LogP contribution in [0.5, 0.6) is 0 Å². The van der Waals surface area contributed by atoms with Gasteiger partial charge < -0.3 is 10.0 Å². The summed E-state index contributed by atoms with van der Waals surface area (Å²) >= 11 is 0. The van der Waals surface area contributed by atoms with Crippen LogP contribution < -0.4 is 0 Å². The second-order valence-electron chi connectivity index (χ2n) is 5.22. The van der Waals surface area contributed by atoms with Gasteiger partial charge in [0.2, 0.25) is 0 Å². The molecule has 1 fully saturated rings. The van der Waals surface area contributed by atoms with E-state index in [1.165, 1.54) is 18.2 Å². The third-order valence-electron chi connectivity index (χ3n) is 3.79. The standard InChI is InChI=1S/C16H18FNO3/c1-2-11-7-8-18(10-11)16(21)13-5-3-12(9-14(13)17)4-6-15(19)20/h3-6,9,11H,2,7-8,10H2,1H3,(H,19,20)/b6-4+. The molecule has 0 saturated carbocycles. The minimum absolute atomic E-state index is 0.0410. The predicted molar refractivity (Wildman–Crippen MR) is 77.4 cm³/mol. The summed E-state index contributed by atoms with van der Waals surface area (Å²) in [7, 11) is 0. The number of amides is 1. The summed E-state index contributed by atoms with van der Waals surface area (Å²) in [5, 5.41) is 8.54. The molecule has 4 nitrogen and oxygen atoms in total. The Kier molecular flexibility index (Phi) is 4.73. The lowest BCUT2D eigenvalue weighted by atomic mass is 10.1. The molecular formula is C16H18FNO3. The molecule has 1 aromatic rings. The Morgan fingerprint density at radius 1 is 1.48 bits per heavy atom. The predicted octanol–water partition coefficient (Wildman–Crippen LogP) is 2.80. The zero-order valence-electron chi connectivity index (χ0n) is 11.9. The Morgan fingerprint density at radius 2 is 2.24 bits per heavy atom. The molecule has 5 heteroatoms. The van der Waals surface area contributed by atoms with Gasteiger partial charge in [0.1, 0.15) is 5.82 Å². The molecule has 1 saturated heterocycles. The zero-order valence-corrected chi connectivity index (χ0v) is 11.9. The minimum atomic E-state index is -1.10. The Balaban J connectivity index is 2.13. The number of carbonyl (C=O) groups is 2. The summed E-state index contributed by atoms with van der Waals surface area (Å²) in [6.07, 6.45) is 4.21. The van der Waals surface area contributed by atoms with Gasteiger partial charge in [-0.1, -0.05) is 19.4 Å². The van der Waals surface area contributed by atoms with Crippen molar-refractivity contribution < 1.29 is 19.1 Å². The largest absolute Gasteiger partial charge is 0.478 e. The van der Waals surface area contributed by atoms with Crippen molar-refractivity contribution in [2.24, 2.45) is 5.92 Å². The van der Waals surface area contributed by atoms with Gasteiger partial charge in [-0.3, -0.25) is 4.79 Å². The number of carbonyl (C=O) groups excluding carboxylic acids is 1. The van der Waals surface area contributed by atoms with E-state index in [4.69, 9.17) is 5.11 Å². The van der Waals surface area contributed by atoms with Crippen molar-refractivity contribution in [2.75, 3.05) is 13.1 Å². The van der Waals surface area contributed by atoms with E-state index in [2.05, 4.69) is 6.92 Å². The lowest BCUT2D eigenvalue weighted by Gasteiger charge is -2.16. The molecule has 1 N–H and O–H groups in total. The molecule has 1 unspecified atom stereocenters. The number of hydrogen-bond acceptors (Lipinski definition) is 2. The third kappa shape index (κ3) is 3.68. The van der Waals surface area contributed by atoms with E-state index >= 15 is 0 Å². The molecule has 21 heavy (non-hydrogen) atoms. The fourth-order valence-electron chi connectivity index (χ4n) is 2.50. The maximum atomic E-state index is 14.0. The molecule has 1 aromatic carbocycles. The molecule has 0 bridgehead atoms. The molecule has 0 spiro atoms. The van der Waals surface area contributed by atoms with E-state index in [0.717, 1.165) is 18.9 Å². The maximum Gasteiger partial charge on any atom is 0.328 e. The minimum Gasteiger partial charge on any atom is -0.478 e. The molecular weight excluding hydrogens is 273 g/mol. The van der Waals surface area contributed by atoms with Gasteiger partial charge in [-0.05, 0) is 36.1 Å². The number of benzene rings is 1. The second kappa shape index (κ2) is 6.52. The Hall–Kier alpha value is -2.17. The highest BCUT2D eigenvalue weighted by molar-refractivity contribution is 5.95. The summed E-state index contributed by atoms with van der Waals surface area (Å²) in [4.78, 5) is 24.4. The van der Waals surface area contributed by atoms with Crippen LogP contribution in [0.15, 0.2) is 24.3 Å². The highest BCUT2D eigenvalue weighted by Crippen LogP contribution is 2.22. The molecule has 1 aliphatic rings. The average Bonchev–Trinajstić information content (AvgIpc) is 2.93. The molecule has 112 valence electrons. The number of hydrogen-bond donors (Lipinski definition) is 1. The highest BCUT2D eigenvalue weighted by Gasteiger charge is 2.27. The van der Waals surface area contributed by atoms with Crippen LogP contribution in [0, 0.1) is 11.7 Å². The average molecular weight is 291 g/mol. The van der Waals surface area contributed by atoms with Crippen molar-refractivity contribution in [3.63, 3.8) is 0 Å². The molecule has 1 atom stereocenters. The third-order valence-corrected chi connectivity index (χ3v) is 3.79. The smallest absolute Gasteiger partial charge is 0.328 e. The Labute approximate surface area is 122 Å². The summed E-state index contributed by atoms with van der Waals surface area (Å²) in [5.74, 6) is -1.52. The van der Waals surface area contributed by atoms with Crippen LogP contribution >= 0.6 is 0 Å². The van der Waals surface area contributed by atoms with E-state index in [9.17, 15) is 14.0 Å². The fourth-order valence-corrected chi connectivity index (χ4v) is 2.50. The number of carboxylic acid groups (broad SMARTS) is 1. The SMILES string of the molecule is CCC1CCN(C(=O)c2ccc(/C=C/C(=O)O)cc2F)C1. The van der Waals surface area contributed by atoms with Gasteiger partial charge in [-0.25, -0.2) is 9.18 Å². The number of nitrogens with zero attached hydrogens (tertiary/aromatic N) is 1. The van der Waals surface area contributed by atoms with Gasteiger partial charge in [-0.15, -0.1) is 0 Å². The number of halogens is 1. The molecule has 0 aromatic heterocycles. The first-order chi connectivity index (χ1) is 10.0. The quantitative estimate of drug-likeness (QED) is 0.868. The van der Waals surface area contributed by atoms with Gasteiger partial charge >= 0.3 is 5.97 Å². The summed E-state index contributed by atoms with van der Waals surface area (Å²) < 4.78 is 14.0. The van der Waals surface area contributed by atoms with Crippen LogP contribution in [0.3, 0.4) is 0 Å².